The first-order chi connectivity index (χ1) is 6.56. The number of aliphatic carboxylic acids is 1. The van der Waals surface area contributed by atoms with Gasteiger partial charge in [-0.1, -0.05) is 6.08 Å². The van der Waals surface area contributed by atoms with Crippen molar-refractivity contribution in [1.29, 1.82) is 0 Å². The van der Waals surface area contributed by atoms with Gasteiger partial charge >= 0.3 is 5.97 Å². The monoisotopic (exact) mass is 197 g/mol. The van der Waals surface area contributed by atoms with E-state index in [9.17, 15) is 4.79 Å². The van der Waals surface area contributed by atoms with E-state index in [1.165, 1.54) is 0 Å². The molecule has 0 aromatic carbocycles. The average Bonchev–Trinajstić information content (AvgIpc) is 2.16. The summed E-state index contributed by atoms with van der Waals surface area (Å²) >= 11 is 0. The van der Waals surface area contributed by atoms with Crippen molar-refractivity contribution in [3.63, 3.8) is 0 Å². The fraction of sp³-hybridized carbons (Fsp3) is 0.727. The van der Waals surface area contributed by atoms with E-state index in [4.69, 9.17) is 5.11 Å². The summed E-state index contributed by atoms with van der Waals surface area (Å²) in [7, 11) is 0. The van der Waals surface area contributed by atoms with Crippen molar-refractivity contribution in [2.45, 2.75) is 38.8 Å². The molecule has 0 aromatic rings. The van der Waals surface area contributed by atoms with Crippen LogP contribution >= 0.6 is 0 Å². The molecular formula is C11H19NO2. The van der Waals surface area contributed by atoms with Crippen LogP contribution in [0.3, 0.4) is 0 Å². The minimum atomic E-state index is -0.650. The summed E-state index contributed by atoms with van der Waals surface area (Å²) in [4.78, 5) is 13.1. The quantitative estimate of drug-likeness (QED) is 0.701. The van der Waals surface area contributed by atoms with Gasteiger partial charge in [0, 0.05) is 12.1 Å². The van der Waals surface area contributed by atoms with Gasteiger partial charge in [0.15, 0.2) is 0 Å². The molecule has 0 amide bonds. The highest BCUT2D eigenvalue weighted by Crippen LogP contribution is 2.24. The highest BCUT2D eigenvalue weighted by molar-refractivity contribution is 5.70. The summed E-state index contributed by atoms with van der Waals surface area (Å²) in [6.07, 6.45) is 3.43. The summed E-state index contributed by atoms with van der Waals surface area (Å²) < 4.78 is 0. The topological polar surface area (TPSA) is 40.5 Å². The maximum atomic E-state index is 10.8. The largest absolute Gasteiger partial charge is 0.481 e. The molecular weight excluding hydrogens is 178 g/mol. The van der Waals surface area contributed by atoms with Gasteiger partial charge in [-0.25, -0.2) is 0 Å². The maximum Gasteiger partial charge on any atom is 0.306 e. The summed E-state index contributed by atoms with van der Waals surface area (Å²) in [5.74, 6) is -0.805. The number of hydrogen-bond acceptors (Lipinski definition) is 2. The van der Waals surface area contributed by atoms with E-state index >= 15 is 0 Å². The SMILES string of the molecule is C=CC(C)N1CCC(C(=O)O)CC1C. The average molecular weight is 197 g/mol. The second kappa shape index (κ2) is 4.60. The van der Waals surface area contributed by atoms with Crippen LogP contribution < -0.4 is 0 Å². The third-order valence-corrected chi connectivity index (χ3v) is 3.14. The molecule has 0 radical (unpaired) electrons. The van der Waals surface area contributed by atoms with Crippen molar-refractivity contribution >= 4 is 5.97 Å². The number of piperidine rings is 1. The molecule has 1 N–H and O–H groups in total. The number of carbonyl (C=O) groups is 1. The van der Waals surface area contributed by atoms with Crippen LogP contribution in [-0.2, 0) is 4.79 Å². The molecule has 3 heteroatoms. The van der Waals surface area contributed by atoms with E-state index in [0.717, 1.165) is 19.4 Å². The first-order valence-corrected chi connectivity index (χ1v) is 5.17. The van der Waals surface area contributed by atoms with E-state index in [0.29, 0.717) is 12.1 Å². The van der Waals surface area contributed by atoms with Gasteiger partial charge in [-0.3, -0.25) is 9.69 Å². The Bertz CT molecular complexity index is 227. The van der Waals surface area contributed by atoms with E-state index in [-0.39, 0.29) is 5.92 Å². The van der Waals surface area contributed by atoms with E-state index in [1.807, 2.05) is 6.08 Å². The number of likely N-dealkylation sites (tertiary alicyclic amines) is 1. The predicted molar refractivity (Wildman–Crippen MR) is 56.2 cm³/mol. The van der Waals surface area contributed by atoms with Gasteiger partial charge in [-0.05, 0) is 33.2 Å². The highest BCUT2D eigenvalue weighted by atomic mass is 16.4. The van der Waals surface area contributed by atoms with E-state index in [2.05, 4.69) is 25.3 Å². The van der Waals surface area contributed by atoms with Gasteiger partial charge in [-0.15, -0.1) is 6.58 Å². The van der Waals surface area contributed by atoms with Gasteiger partial charge in [0.2, 0.25) is 0 Å². The summed E-state index contributed by atoms with van der Waals surface area (Å²) in [5, 5.41) is 8.90. The minimum Gasteiger partial charge on any atom is -0.481 e. The molecule has 1 fully saturated rings. The van der Waals surface area contributed by atoms with Gasteiger partial charge in [0.25, 0.3) is 0 Å². The van der Waals surface area contributed by atoms with Gasteiger partial charge in [-0.2, -0.15) is 0 Å². The van der Waals surface area contributed by atoms with Crippen molar-refractivity contribution in [1.82, 2.24) is 4.90 Å². The zero-order valence-electron chi connectivity index (χ0n) is 8.94. The normalized spacial score (nSPS) is 31.0. The first-order valence-electron chi connectivity index (χ1n) is 5.17. The lowest BCUT2D eigenvalue weighted by atomic mass is 9.91. The molecule has 1 rings (SSSR count). The Hall–Kier alpha value is -0.830. The van der Waals surface area contributed by atoms with Crippen LogP contribution in [0.1, 0.15) is 26.7 Å². The molecule has 80 valence electrons. The number of carboxylic acids is 1. The second-order valence-corrected chi connectivity index (χ2v) is 4.12. The highest BCUT2D eigenvalue weighted by Gasteiger charge is 2.30. The van der Waals surface area contributed by atoms with Crippen LogP contribution in [0.25, 0.3) is 0 Å². The van der Waals surface area contributed by atoms with E-state index in [1.54, 1.807) is 0 Å². The molecule has 1 heterocycles. The van der Waals surface area contributed by atoms with Crippen LogP contribution in [0.4, 0.5) is 0 Å². The molecule has 1 saturated heterocycles. The van der Waals surface area contributed by atoms with Crippen molar-refractivity contribution in [3.05, 3.63) is 12.7 Å². The van der Waals surface area contributed by atoms with Crippen molar-refractivity contribution in [3.8, 4) is 0 Å². The van der Waals surface area contributed by atoms with Gasteiger partial charge < -0.3 is 5.11 Å². The van der Waals surface area contributed by atoms with Crippen LogP contribution in [0, 0.1) is 5.92 Å². The van der Waals surface area contributed by atoms with Gasteiger partial charge in [0.1, 0.15) is 0 Å². The Morgan fingerprint density at radius 3 is 2.79 bits per heavy atom. The Morgan fingerprint density at radius 1 is 1.71 bits per heavy atom. The predicted octanol–water partition coefficient (Wildman–Crippen LogP) is 1.75. The fourth-order valence-electron chi connectivity index (χ4n) is 2.16. The fourth-order valence-corrected chi connectivity index (χ4v) is 2.16. The number of nitrogens with zero attached hydrogens (tertiary/aromatic N) is 1. The Kier molecular flexibility index (Phi) is 3.69. The lowest BCUT2D eigenvalue weighted by Crippen LogP contribution is -2.46. The number of hydrogen-bond donors (Lipinski definition) is 1. The number of carboxylic acid groups (broad SMARTS) is 1. The van der Waals surface area contributed by atoms with Crippen molar-refractivity contribution in [2.24, 2.45) is 5.92 Å². The zero-order chi connectivity index (χ0) is 10.7. The lowest BCUT2D eigenvalue weighted by molar-refractivity contribution is -0.144. The summed E-state index contributed by atoms with van der Waals surface area (Å²) in [6.45, 7) is 8.83. The molecule has 0 aromatic heterocycles. The Morgan fingerprint density at radius 2 is 2.36 bits per heavy atom. The summed E-state index contributed by atoms with van der Waals surface area (Å²) in [5.41, 5.74) is 0. The van der Waals surface area contributed by atoms with Crippen LogP contribution in [0.15, 0.2) is 12.7 Å². The molecule has 0 bridgehead atoms. The Balaban J connectivity index is 2.55. The minimum absolute atomic E-state index is 0.154. The Labute approximate surface area is 85.4 Å². The van der Waals surface area contributed by atoms with Crippen molar-refractivity contribution in [2.75, 3.05) is 6.54 Å². The molecule has 0 spiro atoms. The first kappa shape index (κ1) is 11.2. The second-order valence-electron chi connectivity index (χ2n) is 4.12. The van der Waals surface area contributed by atoms with Crippen LogP contribution in [0.2, 0.25) is 0 Å². The molecule has 14 heavy (non-hydrogen) atoms. The summed E-state index contributed by atoms with van der Waals surface area (Å²) in [6, 6.07) is 0.692. The molecule has 0 saturated carbocycles. The third-order valence-electron chi connectivity index (χ3n) is 3.14. The molecule has 1 aliphatic rings. The zero-order valence-corrected chi connectivity index (χ0v) is 8.94. The van der Waals surface area contributed by atoms with Crippen molar-refractivity contribution < 1.29 is 9.90 Å². The molecule has 3 atom stereocenters. The smallest absolute Gasteiger partial charge is 0.306 e. The van der Waals surface area contributed by atoms with Crippen LogP contribution in [0.5, 0.6) is 0 Å². The number of rotatable bonds is 3. The molecule has 0 aliphatic carbocycles. The van der Waals surface area contributed by atoms with E-state index < -0.39 is 5.97 Å². The molecule has 3 unspecified atom stereocenters. The standard InChI is InChI=1S/C11H19NO2/c1-4-8(2)12-6-5-10(11(13)14)7-9(12)3/h4,8-10H,1,5-7H2,2-3H3,(H,13,14). The lowest BCUT2D eigenvalue weighted by Gasteiger charge is -2.39. The molecule has 1 aliphatic heterocycles. The van der Waals surface area contributed by atoms with Crippen LogP contribution in [-0.4, -0.2) is 34.6 Å². The maximum absolute atomic E-state index is 10.8. The van der Waals surface area contributed by atoms with Gasteiger partial charge in [0.05, 0.1) is 5.92 Å². The third kappa shape index (κ3) is 2.35. The molecule has 3 nitrogen and oxygen atoms in total.